The standard InChI is InChI=1S/C12H9FN4O/c13-9-6-8(14)3-4-10(9)18-12-16-7-15-11-2-1-5-17(11)12/h1-7H,14H2. The van der Waals surface area contributed by atoms with Gasteiger partial charge < -0.3 is 10.5 Å². The summed E-state index contributed by atoms with van der Waals surface area (Å²) in [5, 5.41) is 0. The highest BCUT2D eigenvalue weighted by molar-refractivity contribution is 5.44. The van der Waals surface area contributed by atoms with Gasteiger partial charge in [0.1, 0.15) is 12.0 Å². The first-order chi connectivity index (χ1) is 8.74. The number of hydrogen-bond donors (Lipinski definition) is 1. The summed E-state index contributed by atoms with van der Waals surface area (Å²) < 4.78 is 20.6. The first kappa shape index (κ1) is 10.5. The molecule has 0 radical (unpaired) electrons. The molecule has 18 heavy (non-hydrogen) atoms. The highest BCUT2D eigenvalue weighted by Crippen LogP contribution is 2.24. The molecular formula is C12H9FN4O. The Kier molecular flexibility index (Phi) is 2.33. The van der Waals surface area contributed by atoms with E-state index in [2.05, 4.69) is 9.97 Å². The van der Waals surface area contributed by atoms with E-state index in [9.17, 15) is 4.39 Å². The van der Waals surface area contributed by atoms with Crippen LogP contribution in [0.4, 0.5) is 10.1 Å². The van der Waals surface area contributed by atoms with Crippen molar-refractivity contribution in [2.45, 2.75) is 0 Å². The molecule has 2 heterocycles. The normalized spacial score (nSPS) is 10.7. The maximum absolute atomic E-state index is 13.6. The van der Waals surface area contributed by atoms with Crippen LogP contribution in [-0.2, 0) is 0 Å². The van der Waals surface area contributed by atoms with Crippen LogP contribution >= 0.6 is 0 Å². The average molecular weight is 244 g/mol. The van der Waals surface area contributed by atoms with Crippen molar-refractivity contribution >= 4 is 11.3 Å². The molecule has 2 aromatic heterocycles. The van der Waals surface area contributed by atoms with Crippen molar-refractivity contribution in [2.75, 3.05) is 5.73 Å². The minimum atomic E-state index is -0.533. The van der Waals surface area contributed by atoms with Crippen LogP contribution in [0, 0.1) is 5.82 Å². The van der Waals surface area contributed by atoms with Crippen LogP contribution in [0.15, 0.2) is 42.9 Å². The number of ether oxygens (including phenoxy) is 1. The number of hydrogen-bond acceptors (Lipinski definition) is 4. The second-order valence-electron chi connectivity index (χ2n) is 3.68. The van der Waals surface area contributed by atoms with Crippen LogP contribution in [0.5, 0.6) is 11.8 Å². The lowest BCUT2D eigenvalue weighted by molar-refractivity contribution is 0.404. The maximum atomic E-state index is 13.6. The molecule has 0 saturated carbocycles. The molecule has 2 N–H and O–H groups in total. The van der Waals surface area contributed by atoms with E-state index in [4.69, 9.17) is 10.5 Å². The second-order valence-corrected chi connectivity index (χ2v) is 3.68. The third-order valence-corrected chi connectivity index (χ3v) is 2.45. The Balaban J connectivity index is 2.03. The van der Waals surface area contributed by atoms with Gasteiger partial charge in [0.15, 0.2) is 11.6 Å². The van der Waals surface area contributed by atoms with Crippen LogP contribution in [0.3, 0.4) is 0 Å². The smallest absolute Gasteiger partial charge is 0.309 e. The molecule has 3 rings (SSSR count). The van der Waals surface area contributed by atoms with Gasteiger partial charge in [-0.1, -0.05) is 0 Å². The molecule has 0 saturated heterocycles. The minimum absolute atomic E-state index is 0.0675. The van der Waals surface area contributed by atoms with Crippen molar-refractivity contribution < 1.29 is 9.13 Å². The Labute approximate surface area is 102 Å². The molecule has 0 aliphatic heterocycles. The number of nitrogen functional groups attached to an aromatic ring is 1. The highest BCUT2D eigenvalue weighted by Gasteiger charge is 2.09. The summed E-state index contributed by atoms with van der Waals surface area (Å²) in [6.45, 7) is 0. The van der Waals surface area contributed by atoms with Crippen molar-refractivity contribution in [1.82, 2.24) is 14.4 Å². The fourth-order valence-corrected chi connectivity index (χ4v) is 1.61. The van der Waals surface area contributed by atoms with E-state index in [-0.39, 0.29) is 11.8 Å². The van der Waals surface area contributed by atoms with Crippen LogP contribution in [0.1, 0.15) is 0 Å². The second kappa shape index (κ2) is 3.99. The van der Waals surface area contributed by atoms with Gasteiger partial charge in [-0.05, 0) is 24.3 Å². The van der Waals surface area contributed by atoms with Gasteiger partial charge in [-0.25, -0.2) is 9.37 Å². The van der Waals surface area contributed by atoms with E-state index in [0.29, 0.717) is 11.3 Å². The lowest BCUT2D eigenvalue weighted by atomic mass is 10.3. The number of aromatic nitrogens is 3. The van der Waals surface area contributed by atoms with Crippen molar-refractivity contribution in [1.29, 1.82) is 0 Å². The van der Waals surface area contributed by atoms with E-state index in [0.717, 1.165) is 0 Å². The number of anilines is 1. The molecule has 1 aromatic carbocycles. The van der Waals surface area contributed by atoms with Gasteiger partial charge in [0, 0.05) is 18.0 Å². The molecule has 3 aromatic rings. The predicted octanol–water partition coefficient (Wildman–Crippen LogP) is 2.24. The summed E-state index contributed by atoms with van der Waals surface area (Å²) in [4.78, 5) is 8.01. The summed E-state index contributed by atoms with van der Waals surface area (Å²) in [5.41, 5.74) is 6.49. The molecule has 5 nitrogen and oxygen atoms in total. The summed E-state index contributed by atoms with van der Waals surface area (Å²) >= 11 is 0. The Hall–Kier alpha value is -2.63. The van der Waals surface area contributed by atoms with Crippen molar-refractivity contribution in [3.63, 3.8) is 0 Å². The fraction of sp³-hybridized carbons (Fsp3) is 0. The minimum Gasteiger partial charge on any atom is -0.422 e. The lowest BCUT2D eigenvalue weighted by Gasteiger charge is -2.07. The first-order valence-corrected chi connectivity index (χ1v) is 5.25. The van der Waals surface area contributed by atoms with Gasteiger partial charge in [0.05, 0.1) is 0 Å². The van der Waals surface area contributed by atoms with Gasteiger partial charge in [0.25, 0.3) is 0 Å². The van der Waals surface area contributed by atoms with Crippen LogP contribution < -0.4 is 10.5 Å². The van der Waals surface area contributed by atoms with E-state index in [1.807, 2.05) is 0 Å². The number of benzene rings is 1. The molecular weight excluding hydrogens is 235 g/mol. The molecule has 0 aliphatic carbocycles. The van der Waals surface area contributed by atoms with Gasteiger partial charge in [-0.15, -0.1) is 0 Å². The molecule has 90 valence electrons. The molecule has 0 bridgehead atoms. The molecule has 6 heteroatoms. The molecule has 0 fully saturated rings. The number of halogens is 1. The van der Waals surface area contributed by atoms with Crippen LogP contribution in [0.25, 0.3) is 5.65 Å². The lowest BCUT2D eigenvalue weighted by Crippen LogP contribution is -1.99. The molecule has 0 amide bonds. The monoisotopic (exact) mass is 244 g/mol. The van der Waals surface area contributed by atoms with E-state index in [1.54, 1.807) is 28.8 Å². The Morgan fingerprint density at radius 3 is 2.94 bits per heavy atom. The Morgan fingerprint density at radius 1 is 1.22 bits per heavy atom. The van der Waals surface area contributed by atoms with Gasteiger partial charge in [0.2, 0.25) is 0 Å². The Bertz CT molecular complexity index is 710. The van der Waals surface area contributed by atoms with Gasteiger partial charge in [-0.3, -0.25) is 4.40 Å². The summed E-state index contributed by atoms with van der Waals surface area (Å²) in [6, 6.07) is 8.07. The SMILES string of the molecule is Nc1ccc(Oc2ncnc3cccn23)c(F)c1. The number of fused-ring (bicyclic) bond motifs is 1. The predicted molar refractivity (Wildman–Crippen MR) is 63.9 cm³/mol. The maximum Gasteiger partial charge on any atom is 0.309 e. The largest absolute Gasteiger partial charge is 0.422 e. The third kappa shape index (κ3) is 1.73. The van der Waals surface area contributed by atoms with Gasteiger partial charge >= 0.3 is 6.01 Å². The first-order valence-electron chi connectivity index (χ1n) is 5.25. The molecule has 0 atom stereocenters. The van der Waals surface area contributed by atoms with E-state index < -0.39 is 5.82 Å². The fourth-order valence-electron chi connectivity index (χ4n) is 1.61. The topological polar surface area (TPSA) is 65.4 Å². The van der Waals surface area contributed by atoms with Crippen LogP contribution in [0.2, 0.25) is 0 Å². The van der Waals surface area contributed by atoms with Gasteiger partial charge in [-0.2, -0.15) is 4.98 Å². The molecule has 0 spiro atoms. The average Bonchev–Trinajstić information content (AvgIpc) is 2.82. The summed E-state index contributed by atoms with van der Waals surface area (Å²) in [5.74, 6) is -0.466. The highest BCUT2D eigenvalue weighted by atomic mass is 19.1. The van der Waals surface area contributed by atoms with E-state index >= 15 is 0 Å². The molecule has 0 unspecified atom stereocenters. The quantitative estimate of drug-likeness (QED) is 0.702. The third-order valence-electron chi connectivity index (χ3n) is 2.45. The Morgan fingerprint density at radius 2 is 2.11 bits per heavy atom. The zero-order chi connectivity index (χ0) is 12.5. The summed E-state index contributed by atoms with van der Waals surface area (Å²) in [6.07, 6.45) is 3.10. The molecule has 0 aliphatic rings. The van der Waals surface area contributed by atoms with Crippen molar-refractivity contribution in [3.8, 4) is 11.8 Å². The number of rotatable bonds is 2. The van der Waals surface area contributed by atoms with Crippen LogP contribution in [-0.4, -0.2) is 14.4 Å². The number of nitrogens with zero attached hydrogens (tertiary/aromatic N) is 3. The zero-order valence-electron chi connectivity index (χ0n) is 9.25. The van der Waals surface area contributed by atoms with Crippen molar-refractivity contribution in [3.05, 3.63) is 48.7 Å². The van der Waals surface area contributed by atoms with Crippen molar-refractivity contribution in [2.24, 2.45) is 0 Å². The van der Waals surface area contributed by atoms with E-state index in [1.165, 1.54) is 18.5 Å². The number of nitrogens with two attached hydrogens (primary N) is 1. The summed E-state index contributed by atoms with van der Waals surface area (Å²) in [7, 11) is 0. The zero-order valence-corrected chi connectivity index (χ0v) is 9.25.